The van der Waals surface area contributed by atoms with Crippen LogP contribution < -0.4 is 0 Å². The zero-order valence-corrected chi connectivity index (χ0v) is 17.4. The number of carbonyl (C=O) groups is 4. The van der Waals surface area contributed by atoms with E-state index in [0.29, 0.717) is 0 Å². The second-order valence-corrected chi connectivity index (χ2v) is 6.70. The van der Waals surface area contributed by atoms with Crippen molar-refractivity contribution in [2.24, 2.45) is 0 Å². The third-order valence-corrected chi connectivity index (χ3v) is 4.19. The van der Waals surface area contributed by atoms with Gasteiger partial charge in [-0.25, -0.2) is 0 Å². The van der Waals surface area contributed by atoms with Crippen molar-refractivity contribution in [1.82, 2.24) is 4.98 Å². The molecule has 0 aromatic carbocycles. The lowest BCUT2D eigenvalue weighted by atomic mass is 9.92. The Bertz CT molecular complexity index is 895. The lowest BCUT2D eigenvalue weighted by Crippen LogP contribution is -2.59. The summed E-state index contributed by atoms with van der Waals surface area (Å²) in [6.45, 7) is 4.26. The Morgan fingerprint density at radius 3 is 2.10 bits per heavy atom. The zero-order valence-electron chi connectivity index (χ0n) is 17.4. The van der Waals surface area contributed by atoms with Crippen molar-refractivity contribution in [3.8, 4) is 6.07 Å². The molecule has 1 aromatic rings. The van der Waals surface area contributed by atoms with E-state index in [-0.39, 0.29) is 17.9 Å². The highest BCUT2D eigenvalue weighted by Crippen LogP contribution is 2.37. The Labute approximate surface area is 178 Å². The predicted molar refractivity (Wildman–Crippen MR) is 99.9 cm³/mol. The minimum Gasteiger partial charge on any atom is -0.463 e. The summed E-state index contributed by atoms with van der Waals surface area (Å²) >= 11 is 0. The summed E-state index contributed by atoms with van der Waals surface area (Å²) in [6.07, 6.45) is -4.64. The third kappa shape index (κ3) is 6.48. The van der Waals surface area contributed by atoms with Crippen molar-refractivity contribution in [2.75, 3.05) is 6.61 Å². The molecule has 1 fully saturated rings. The number of hydrogen-bond acceptors (Lipinski definition) is 11. The SMILES string of the molecule is CC(=O)OC[C@H]1O[C@H](c2cc(C#N)ccn2)[C@H](OC(C)=O)[C@@H](OC(C)=O)[C@@H]1OC(C)=O. The normalized spacial score (nSPS) is 24.9. The highest BCUT2D eigenvalue weighted by Gasteiger charge is 2.53. The van der Waals surface area contributed by atoms with E-state index >= 15 is 0 Å². The molecule has 0 aliphatic carbocycles. The molecule has 0 spiro atoms. The van der Waals surface area contributed by atoms with Crippen LogP contribution in [0.1, 0.15) is 45.1 Å². The van der Waals surface area contributed by atoms with Gasteiger partial charge in [0, 0.05) is 33.9 Å². The Balaban J connectivity index is 2.56. The van der Waals surface area contributed by atoms with Crippen molar-refractivity contribution in [3.63, 3.8) is 0 Å². The van der Waals surface area contributed by atoms with Crippen LogP contribution in [0.15, 0.2) is 18.3 Å². The topological polar surface area (TPSA) is 151 Å². The van der Waals surface area contributed by atoms with E-state index in [2.05, 4.69) is 4.98 Å². The monoisotopic (exact) mass is 434 g/mol. The number of pyridine rings is 1. The van der Waals surface area contributed by atoms with Crippen molar-refractivity contribution < 1.29 is 42.9 Å². The van der Waals surface area contributed by atoms with E-state index in [1.54, 1.807) is 0 Å². The summed E-state index contributed by atoms with van der Waals surface area (Å²) < 4.78 is 27.0. The van der Waals surface area contributed by atoms with Crippen LogP contribution in [0.25, 0.3) is 0 Å². The largest absolute Gasteiger partial charge is 0.463 e. The molecule has 166 valence electrons. The van der Waals surface area contributed by atoms with Gasteiger partial charge in [0.1, 0.15) is 18.8 Å². The van der Waals surface area contributed by atoms with Gasteiger partial charge in [0.2, 0.25) is 0 Å². The lowest BCUT2D eigenvalue weighted by Gasteiger charge is -2.44. The average molecular weight is 434 g/mol. The number of nitriles is 1. The molecule has 0 bridgehead atoms. The minimum atomic E-state index is -1.29. The second kappa shape index (κ2) is 10.5. The number of rotatable bonds is 6. The average Bonchev–Trinajstić information content (AvgIpc) is 2.68. The second-order valence-electron chi connectivity index (χ2n) is 6.70. The van der Waals surface area contributed by atoms with Gasteiger partial charge in [-0.15, -0.1) is 0 Å². The molecule has 1 aromatic heterocycles. The Morgan fingerprint density at radius 2 is 1.55 bits per heavy atom. The molecule has 2 heterocycles. The summed E-state index contributed by atoms with van der Waals surface area (Å²) in [7, 11) is 0. The first-order chi connectivity index (χ1) is 14.6. The highest BCUT2D eigenvalue weighted by atomic mass is 16.7. The van der Waals surface area contributed by atoms with Crippen molar-refractivity contribution in [1.29, 1.82) is 5.26 Å². The molecule has 1 aliphatic heterocycles. The van der Waals surface area contributed by atoms with Gasteiger partial charge in [0.15, 0.2) is 18.3 Å². The van der Waals surface area contributed by atoms with E-state index in [9.17, 15) is 24.4 Å². The minimum absolute atomic E-state index is 0.205. The number of esters is 4. The van der Waals surface area contributed by atoms with E-state index in [1.165, 1.54) is 25.3 Å². The molecule has 0 saturated carbocycles. The molecule has 0 unspecified atom stereocenters. The van der Waals surface area contributed by atoms with Gasteiger partial charge < -0.3 is 23.7 Å². The van der Waals surface area contributed by atoms with Gasteiger partial charge in [-0.3, -0.25) is 24.2 Å². The molecule has 0 radical (unpaired) electrons. The van der Waals surface area contributed by atoms with E-state index < -0.39 is 54.4 Å². The van der Waals surface area contributed by atoms with Crippen molar-refractivity contribution in [2.45, 2.75) is 58.2 Å². The molecule has 1 aliphatic rings. The molecular weight excluding hydrogens is 412 g/mol. The summed E-state index contributed by atoms with van der Waals surface area (Å²) in [4.78, 5) is 50.8. The summed E-state index contributed by atoms with van der Waals surface area (Å²) in [5.74, 6) is -2.78. The lowest BCUT2D eigenvalue weighted by molar-refractivity contribution is -0.255. The third-order valence-electron chi connectivity index (χ3n) is 4.19. The smallest absolute Gasteiger partial charge is 0.303 e. The summed E-state index contributed by atoms with van der Waals surface area (Å²) in [6, 6.07) is 4.85. The Morgan fingerprint density at radius 1 is 0.968 bits per heavy atom. The van der Waals surface area contributed by atoms with Gasteiger partial charge in [-0.2, -0.15) is 5.26 Å². The first-order valence-corrected chi connectivity index (χ1v) is 9.29. The van der Waals surface area contributed by atoms with Gasteiger partial charge in [0.05, 0.1) is 17.3 Å². The predicted octanol–water partition coefficient (Wildman–Crippen LogP) is 0.751. The van der Waals surface area contributed by atoms with Gasteiger partial charge in [0.25, 0.3) is 0 Å². The van der Waals surface area contributed by atoms with Crippen LogP contribution in [-0.4, -0.2) is 59.9 Å². The molecule has 11 nitrogen and oxygen atoms in total. The number of hydrogen-bond donors (Lipinski definition) is 0. The van der Waals surface area contributed by atoms with E-state index in [1.807, 2.05) is 6.07 Å². The first-order valence-electron chi connectivity index (χ1n) is 9.29. The van der Waals surface area contributed by atoms with E-state index in [0.717, 1.165) is 20.8 Å². The zero-order chi connectivity index (χ0) is 23.1. The molecule has 11 heteroatoms. The number of ether oxygens (including phenoxy) is 5. The van der Waals surface area contributed by atoms with Crippen LogP contribution in [0.4, 0.5) is 0 Å². The molecule has 0 amide bonds. The maximum atomic E-state index is 11.8. The molecule has 5 atom stereocenters. The number of aromatic nitrogens is 1. The van der Waals surface area contributed by atoms with Crippen LogP contribution in [0, 0.1) is 11.3 Å². The van der Waals surface area contributed by atoms with Crippen molar-refractivity contribution >= 4 is 23.9 Å². The molecule has 2 rings (SSSR count). The first kappa shape index (κ1) is 23.8. The molecular formula is C20H22N2O9. The van der Waals surface area contributed by atoms with Crippen LogP contribution in [0.2, 0.25) is 0 Å². The van der Waals surface area contributed by atoms with Crippen LogP contribution >= 0.6 is 0 Å². The summed E-state index contributed by atoms with van der Waals surface area (Å²) in [5, 5.41) is 9.19. The quantitative estimate of drug-likeness (QED) is 0.461. The molecule has 0 N–H and O–H groups in total. The summed E-state index contributed by atoms with van der Waals surface area (Å²) in [5.41, 5.74) is 0.467. The van der Waals surface area contributed by atoms with Crippen LogP contribution in [-0.2, 0) is 42.9 Å². The fourth-order valence-electron chi connectivity index (χ4n) is 3.14. The van der Waals surface area contributed by atoms with E-state index in [4.69, 9.17) is 23.7 Å². The van der Waals surface area contributed by atoms with Gasteiger partial charge in [-0.05, 0) is 12.1 Å². The number of carbonyl (C=O) groups excluding carboxylic acids is 4. The van der Waals surface area contributed by atoms with Crippen LogP contribution in [0.3, 0.4) is 0 Å². The van der Waals surface area contributed by atoms with Gasteiger partial charge >= 0.3 is 23.9 Å². The van der Waals surface area contributed by atoms with Crippen LogP contribution in [0.5, 0.6) is 0 Å². The molecule has 31 heavy (non-hydrogen) atoms. The van der Waals surface area contributed by atoms with Crippen molar-refractivity contribution in [3.05, 3.63) is 29.6 Å². The Hall–Kier alpha value is -3.52. The maximum absolute atomic E-state index is 11.8. The standard InChI is InChI=1S/C20H22N2O9/c1-10(23)27-9-16-18(28-11(2)24)20(30-13(4)26)19(29-12(3)25)17(31-16)15-7-14(8-21)5-6-22-15/h5-7,16-20H,9H2,1-4H3/t16-,17-,18-,19+,20+/m1/s1. The molecule has 1 saturated heterocycles. The van der Waals surface area contributed by atoms with Gasteiger partial charge in [-0.1, -0.05) is 0 Å². The highest BCUT2D eigenvalue weighted by molar-refractivity contribution is 5.68. The Kier molecular flexibility index (Phi) is 8.04. The fraction of sp³-hybridized carbons (Fsp3) is 0.500. The fourth-order valence-corrected chi connectivity index (χ4v) is 3.14. The number of nitrogens with zero attached hydrogens (tertiary/aromatic N) is 2. The maximum Gasteiger partial charge on any atom is 0.303 e.